The minimum absolute atomic E-state index is 0.367. The van der Waals surface area contributed by atoms with E-state index in [1.165, 1.54) is 14.0 Å². The molecule has 0 aromatic heterocycles. The lowest BCUT2D eigenvalue weighted by atomic mass is 10.1. The molecule has 0 aliphatic heterocycles. The summed E-state index contributed by atoms with van der Waals surface area (Å²) in [6.45, 7) is 1.30. The highest BCUT2D eigenvalue weighted by molar-refractivity contribution is 5.83. The van der Waals surface area contributed by atoms with Crippen LogP contribution in [0.2, 0.25) is 0 Å². The van der Waals surface area contributed by atoms with E-state index < -0.39 is 18.4 Å². The fourth-order valence-electron chi connectivity index (χ4n) is 1.27. The summed E-state index contributed by atoms with van der Waals surface area (Å²) in [4.78, 5) is 22.5. The summed E-state index contributed by atoms with van der Waals surface area (Å²) in [5.74, 6) is -0.988. The number of amides is 1. The molecule has 0 bridgehead atoms. The van der Waals surface area contributed by atoms with E-state index in [4.69, 9.17) is 1.37 Å². The molecule has 1 aromatic carbocycles. The van der Waals surface area contributed by atoms with Gasteiger partial charge in [-0.25, -0.2) is 4.79 Å². The first-order valence-corrected chi connectivity index (χ1v) is 4.88. The van der Waals surface area contributed by atoms with Crippen LogP contribution < -0.4 is 5.32 Å². The Bertz CT molecular complexity index is 394. The highest BCUT2D eigenvalue weighted by Gasteiger charge is 2.20. The first-order chi connectivity index (χ1) is 8.06. The number of hydrogen-bond donors (Lipinski definition) is 1. The Hall–Kier alpha value is -1.84. The molecule has 4 heteroatoms. The normalized spacial score (nSPS) is 14.5. The lowest BCUT2D eigenvalue weighted by Crippen LogP contribution is -2.41. The maximum absolute atomic E-state index is 11.5. The van der Waals surface area contributed by atoms with Crippen molar-refractivity contribution in [2.45, 2.75) is 19.4 Å². The number of rotatable bonds is 4. The molecule has 1 rings (SSSR count). The van der Waals surface area contributed by atoms with Gasteiger partial charge >= 0.3 is 5.97 Å². The Balaban J connectivity index is 2.90. The summed E-state index contributed by atoms with van der Waals surface area (Å²) in [7, 11) is 1.23. The molecule has 0 heterocycles. The zero-order chi connectivity index (χ0) is 12.8. The van der Waals surface area contributed by atoms with E-state index in [0.29, 0.717) is 5.56 Å². The van der Waals surface area contributed by atoms with Crippen molar-refractivity contribution in [3.8, 4) is 0 Å². The number of benzene rings is 1. The third-order valence-electron chi connectivity index (χ3n) is 1.97. The molecule has 1 N–H and O–H groups in total. The molecule has 16 heavy (non-hydrogen) atoms. The lowest BCUT2D eigenvalue weighted by molar-refractivity contribution is -0.144. The smallest absolute Gasteiger partial charge is 0.328 e. The highest BCUT2D eigenvalue weighted by atomic mass is 16.5. The molecule has 4 nitrogen and oxygen atoms in total. The zero-order valence-corrected chi connectivity index (χ0v) is 9.27. The summed E-state index contributed by atoms with van der Waals surface area (Å²) in [6, 6.07) is 7.85. The monoisotopic (exact) mass is 222 g/mol. The van der Waals surface area contributed by atoms with Crippen LogP contribution in [0.4, 0.5) is 0 Å². The molecule has 0 aliphatic carbocycles. The van der Waals surface area contributed by atoms with E-state index in [9.17, 15) is 9.59 Å². The van der Waals surface area contributed by atoms with E-state index in [0.717, 1.165) is 0 Å². The predicted octanol–water partition coefficient (Wildman–Crippen LogP) is 0.907. The number of carbonyl (C=O) groups is 2. The first kappa shape index (κ1) is 10.7. The van der Waals surface area contributed by atoms with Crippen LogP contribution in [0.25, 0.3) is 0 Å². The van der Waals surface area contributed by atoms with E-state index in [-0.39, 0.29) is 5.91 Å². The summed E-state index contributed by atoms with van der Waals surface area (Å²) >= 11 is 0. The molecule has 0 fully saturated rings. The van der Waals surface area contributed by atoms with Gasteiger partial charge in [0.2, 0.25) is 5.91 Å². The largest absolute Gasteiger partial charge is 0.467 e. The standard InChI is InChI=1S/C12H15NO3/c1-9(14)13-11(12(15)16-2)8-10-6-4-3-5-7-10/h3-7,11H,8H2,1-2H3,(H,13,14)/t11-/m0/s1/i8D/t8-,11+/m1. The van der Waals surface area contributed by atoms with Crippen LogP contribution in [-0.2, 0) is 20.7 Å². The molecule has 0 aliphatic rings. The topological polar surface area (TPSA) is 55.4 Å². The fraction of sp³-hybridized carbons (Fsp3) is 0.333. The third kappa shape index (κ3) is 3.73. The number of hydrogen-bond acceptors (Lipinski definition) is 3. The molecule has 2 atom stereocenters. The molecule has 0 unspecified atom stereocenters. The van der Waals surface area contributed by atoms with Crippen molar-refractivity contribution in [2.75, 3.05) is 7.11 Å². The average molecular weight is 222 g/mol. The molecule has 0 saturated carbocycles. The maximum Gasteiger partial charge on any atom is 0.328 e. The Kier molecular flexibility index (Phi) is 3.94. The van der Waals surface area contributed by atoms with E-state index in [1.807, 2.05) is 6.07 Å². The van der Waals surface area contributed by atoms with Gasteiger partial charge < -0.3 is 10.1 Å². The van der Waals surface area contributed by atoms with Crippen LogP contribution in [-0.4, -0.2) is 25.0 Å². The second-order valence-corrected chi connectivity index (χ2v) is 3.28. The van der Waals surface area contributed by atoms with Crippen LogP contribution in [0.1, 0.15) is 13.9 Å². The second-order valence-electron chi connectivity index (χ2n) is 3.28. The van der Waals surface area contributed by atoms with Crippen molar-refractivity contribution in [1.29, 1.82) is 0 Å². The number of nitrogens with one attached hydrogen (secondary N) is 1. The number of carbonyl (C=O) groups excluding carboxylic acids is 2. The van der Waals surface area contributed by atoms with Gasteiger partial charge in [-0.3, -0.25) is 4.79 Å². The average Bonchev–Trinajstić information content (AvgIpc) is 2.35. The molecule has 0 spiro atoms. The van der Waals surface area contributed by atoms with Crippen LogP contribution in [0, 0.1) is 0 Å². The quantitative estimate of drug-likeness (QED) is 0.770. The Morgan fingerprint density at radius 3 is 2.56 bits per heavy atom. The van der Waals surface area contributed by atoms with Crippen molar-refractivity contribution in [3.05, 3.63) is 35.9 Å². The van der Waals surface area contributed by atoms with Gasteiger partial charge in [0.15, 0.2) is 0 Å². The highest BCUT2D eigenvalue weighted by Crippen LogP contribution is 2.04. The predicted molar refractivity (Wildman–Crippen MR) is 59.8 cm³/mol. The van der Waals surface area contributed by atoms with Crippen molar-refractivity contribution in [2.24, 2.45) is 0 Å². The number of methoxy groups -OCH3 is 1. The Labute approximate surface area is 96.0 Å². The molecule has 86 valence electrons. The van der Waals surface area contributed by atoms with Crippen molar-refractivity contribution in [1.82, 2.24) is 5.32 Å². The number of ether oxygens (including phenoxy) is 1. The molecule has 1 amide bonds. The zero-order valence-electron chi connectivity index (χ0n) is 10.3. The van der Waals surface area contributed by atoms with E-state index in [2.05, 4.69) is 10.1 Å². The maximum atomic E-state index is 11.5. The van der Waals surface area contributed by atoms with Crippen LogP contribution >= 0.6 is 0 Å². The summed E-state index contributed by atoms with van der Waals surface area (Å²) in [5.41, 5.74) is 0.650. The van der Waals surface area contributed by atoms with Gasteiger partial charge in [0.05, 0.1) is 7.11 Å². The number of esters is 1. The summed E-state index contributed by atoms with van der Waals surface area (Å²) in [5, 5.41) is 2.43. The van der Waals surface area contributed by atoms with Gasteiger partial charge in [0.25, 0.3) is 0 Å². The van der Waals surface area contributed by atoms with Crippen LogP contribution in [0.3, 0.4) is 0 Å². The Morgan fingerprint density at radius 2 is 2.06 bits per heavy atom. The van der Waals surface area contributed by atoms with E-state index in [1.54, 1.807) is 24.3 Å². The van der Waals surface area contributed by atoms with Crippen molar-refractivity contribution in [3.63, 3.8) is 0 Å². The van der Waals surface area contributed by atoms with E-state index >= 15 is 0 Å². The van der Waals surface area contributed by atoms with Crippen LogP contribution in [0.15, 0.2) is 30.3 Å². The van der Waals surface area contributed by atoms with Crippen LogP contribution in [0.5, 0.6) is 0 Å². The third-order valence-corrected chi connectivity index (χ3v) is 1.97. The summed E-state index contributed by atoms with van der Waals surface area (Å²) < 4.78 is 12.6. The van der Waals surface area contributed by atoms with Gasteiger partial charge in [0.1, 0.15) is 6.04 Å². The van der Waals surface area contributed by atoms with Gasteiger partial charge in [-0.05, 0) is 5.56 Å². The molecular formula is C12H15NO3. The molecule has 0 radical (unpaired) electrons. The van der Waals surface area contributed by atoms with Gasteiger partial charge in [-0.1, -0.05) is 30.3 Å². The molecule has 0 saturated heterocycles. The van der Waals surface area contributed by atoms with Crippen molar-refractivity contribution < 1.29 is 15.7 Å². The second kappa shape index (κ2) is 5.90. The minimum atomic E-state index is -0.986. The lowest BCUT2D eigenvalue weighted by Gasteiger charge is -2.15. The molecule has 1 aromatic rings. The first-order valence-electron chi connectivity index (χ1n) is 5.46. The molecular weight excluding hydrogens is 206 g/mol. The Morgan fingerprint density at radius 1 is 1.44 bits per heavy atom. The van der Waals surface area contributed by atoms with Gasteiger partial charge in [-0.15, -0.1) is 0 Å². The van der Waals surface area contributed by atoms with Gasteiger partial charge in [-0.2, -0.15) is 0 Å². The summed E-state index contributed by atoms with van der Waals surface area (Å²) in [6.07, 6.45) is -0.882. The van der Waals surface area contributed by atoms with Crippen molar-refractivity contribution >= 4 is 11.9 Å². The van der Waals surface area contributed by atoms with Gasteiger partial charge in [0, 0.05) is 14.7 Å². The minimum Gasteiger partial charge on any atom is -0.467 e. The SMILES string of the molecule is [2H][C@H](c1ccccc1)[C@H](NC(C)=O)C(=O)OC. The fourth-order valence-corrected chi connectivity index (χ4v) is 1.27.